The molecule has 4 aromatic rings. The third-order valence-electron chi connectivity index (χ3n) is 3.67. The molecule has 0 bridgehead atoms. The monoisotopic (exact) mass is 335 g/mol. The van der Waals surface area contributed by atoms with Crippen LogP contribution in [0, 0.1) is 0 Å². The predicted octanol–water partition coefficient (Wildman–Crippen LogP) is 4.13. The number of hydrogen-bond acceptors (Lipinski definition) is 5. The second-order valence-corrected chi connectivity index (χ2v) is 6.07. The minimum atomic E-state index is -0.188. The molecule has 5 nitrogen and oxygen atoms in total. The van der Waals surface area contributed by atoms with Crippen LogP contribution in [-0.4, -0.2) is 16.1 Å². The largest absolute Gasteiger partial charge is 0.403 e. The molecule has 0 unspecified atom stereocenters. The molecule has 0 aliphatic carbocycles. The number of amides is 1. The maximum absolute atomic E-state index is 12.3. The average Bonchev–Trinajstić information content (AvgIpc) is 3.26. The van der Waals surface area contributed by atoms with Gasteiger partial charge in [0.25, 0.3) is 5.89 Å². The second kappa shape index (κ2) is 6.25. The van der Waals surface area contributed by atoms with E-state index in [4.69, 9.17) is 4.42 Å². The Morgan fingerprint density at radius 1 is 1.08 bits per heavy atom. The molecule has 0 spiro atoms. The van der Waals surface area contributed by atoms with Gasteiger partial charge in [0.1, 0.15) is 0 Å². The number of fused-ring (bicyclic) bond motifs is 1. The highest BCUT2D eigenvalue weighted by atomic mass is 32.1. The van der Waals surface area contributed by atoms with Gasteiger partial charge in [0.15, 0.2) is 0 Å². The molecule has 0 atom stereocenters. The van der Waals surface area contributed by atoms with Gasteiger partial charge >= 0.3 is 6.01 Å². The first-order valence-electron chi connectivity index (χ1n) is 7.42. The van der Waals surface area contributed by atoms with E-state index in [9.17, 15) is 4.79 Å². The SMILES string of the molecule is O=C(Cc1cccc2ccccc12)Nc1nnc(-c2ccsc2)o1. The van der Waals surface area contributed by atoms with Gasteiger partial charge in [0, 0.05) is 10.9 Å². The molecule has 118 valence electrons. The van der Waals surface area contributed by atoms with E-state index in [0.29, 0.717) is 5.89 Å². The first kappa shape index (κ1) is 14.6. The van der Waals surface area contributed by atoms with Crippen LogP contribution < -0.4 is 5.32 Å². The number of nitrogens with one attached hydrogen (secondary N) is 1. The van der Waals surface area contributed by atoms with E-state index in [1.165, 1.54) is 0 Å². The molecule has 0 saturated heterocycles. The number of carbonyl (C=O) groups is 1. The van der Waals surface area contributed by atoms with Crippen LogP contribution in [0.3, 0.4) is 0 Å². The molecule has 24 heavy (non-hydrogen) atoms. The molecule has 1 N–H and O–H groups in total. The van der Waals surface area contributed by atoms with Gasteiger partial charge in [-0.2, -0.15) is 11.3 Å². The van der Waals surface area contributed by atoms with E-state index in [-0.39, 0.29) is 18.3 Å². The van der Waals surface area contributed by atoms with Crippen LogP contribution in [-0.2, 0) is 11.2 Å². The maximum Gasteiger partial charge on any atom is 0.322 e. The third kappa shape index (κ3) is 2.91. The minimum Gasteiger partial charge on any atom is -0.403 e. The van der Waals surface area contributed by atoms with Gasteiger partial charge in [-0.05, 0) is 27.8 Å². The van der Waals surface area contributed by atoms with Crippen molar-refractivity contribution in [3.8, 4) is 11.5 Å². The number of nitrogens with zero attached hydrogens (tertiary/aromatic N) is 2. The fourth-order valence-electron chi connectivity index (χ4n) is 2.56. The highest BCUT2D eigenvalue weighted by Gasteiger charge is 2.13. The third-order valence-corrected chi connectivity index (χ3v) is 4.35. The highest BCUT2D eigenvalue weighted by molar-refractivity contribution is 7.08. The molecule has 0 fully saturated rings. The van der Waals surface area contributed by atoms with E-state index < -0.39 is 0 Å². The van der Waals surface area contributed by atoms with Crippen molar-refractivity contribution < 1.29 is 9.21 Å². The van der Waals surface area contributed by atoms with E-state index >= 15 is 0 Å². The molecule has 0 aliphatic heterocycles. The molecule has 1 amide bonds. The summed E-state index contributed by atoms with van der Waals surface area (Å²) in [6.45, 7) is 0. The number of benzene rings is 2. The molecule has 2 aromatic carbocycles. The standard InChI is InChI=1S/C18H13N3O2S/c22-16(10-13-6-3-5-12-4-1-2-7-15(12)13)19-18-21-20-17(23-18)14-8-9-24-11-14/h1-9,11H,10H2,(H,19,21,22). The van der Waals surface area contributed by atoms with Crippen LogP contribution in [0.1, 0.15) is 5.56 Å². The zero-order valence-electron chi connectivity index (χ0n) is 12.6. The number of thiophene rings is 1. The first-order valence-corrected chi connectivity index (χ1v) is 8.36. The lowest BCUT2D eigenvalue weighted by Crippen LogP contribution is -2.14. The van der Waals surface area contributed by atoms with Crippen LogP contribution in [0.4, 0.5) is 6.01 Å². The van der Waals surface area contributed by atoms with Crippen LogP contribution in [0.5, 0.6) is 0 Å². The lowest BCUT2D eigenvalue weighted by molar-refractivity contribution is -0.115. The summed E-state index contributed by atoms with van der Waals surface area (Å²) in [6, 6.07) is 15.9. The zero-order chi connectivity index (χ0) is 16.4. The van der Waals surface area contributed by atoms with Gasteiger partial charge in [0.2, 0.25) is 5.91 Å². The molecule has 2 heterocycles. The Labute approximate surface area is 142 Å². The lowest BCUT2D eigenvalue weighted by Gasteiger charge is -2.05. The van der Waals surface area contributed by atoms with Gasteiger partial charge in [-0.1, -0.05) is 47.6 Å². The summed E-state index contributed by atoms with van der Waals surface area (Å²) in [4.78, 5) is 12.3. The lowest BCUT2D eigenvalue weighted by atomic mass is 10.0. The molecule has 6 heteroatoms. The van der Waals surface area contributed by atoms with E-state index in [1.807, 2.05) is 59.3 Å². The summed E-state index contributed by atoms with van der Waals surface area (Å²) in [6.07, 6.45) is 0.248. The number of hydrogen-bond donors (Lipinski definition) is 1. The number of rotatable bonds is 4. The van der Waals surface area contributed by atoms with Gasteiger partial charge in [-0.15, -0.1) is 5.10 Å². The summed E-state index contributed by atoms with van der Waals surface area (Å²) >= 11 is 1.55. The van der Waals surface area contributed by atoms with E-state index in [0.717, 1.165) is 21.9 Å². The predicted molar refractivity (Wildman–Crippen MR) is 93.9 cm³/mol. The van der Waals surface area contributed by atoms with Crippen molar-refractivity contribution in [1.82, 2.24) is 10.2 Å². The first-order chi connectivity index (χ1) is 11.8. The van der Waals surface area contributed by atoms with Crippen molar-refractivity contribution >= 4 is 34.0 Å². The normalized spacial score (nSPS) is 10.8. The zero-order valence-corrected chi connectivity index (χ0v) is 13.4. The molecular weight excluding hydrogens is 322 g/mol. The Balaban J connectivity index is 1.50. The minimum absolute atomic E-state index is 0.112. The Kier molecular flexibility index (Phi) is 3.80. The topological polar surface area (TPSA) is 68.0 Å². The number of carbonyl (C=O) groups excluding carboxylic acids is 1. The number of anilines is 1. The highest BCUT2D eigenvalue weighted by Crippen LogP contribution is 2.23. The summed E-state index contributed by atoms with van der Waals surface area (Å²) in [7, 11) is 0. The van der Waals surface area contributed by atoms with Crippen molar-refractivity contribution in [2.45, 2.75) is 6.42 Å². The van der Waals surface area contributed by atoms with Crippen molar-refractivity contribution in [1.29, 1.82) is 0 Å². The van der Waals surface area contributed by atoms with Crippen LogP contribution >= 0.6 is 11.3 Å². The van der Waals surface area contributed by atoms with Crippen molar-refractivity contribution in [3.05, 3.63) is 64.9 Å². The molecule has 4 rings (SSSR count). The van der Waals surface area contributed by atoms with Crippen LogP contribution in [0.15, 0.2) is 63.7 Å². The maximum atomic E-state index is 12.3. The van der Waals surface area contributed by atoms with Gasteiger partial charge < -0.3 is 4.42 Å². The Hall–Kier alpha value is -2.99. The summed E-state index contributed by atoms with van der Waals surface area (Å²) in [5, 5.41) is 16.5. The molecule has 2 aromatic heterocycles. The Morgan fingerprint density at radius 3 is 2.83 bits per heavy atom. The summed E-state index contributed by atoms with van der Waals surface area (Å²) in [5.74, 6) is 0.212. The molecule has 0 radical (unpaired) electrons. The summed E-state index contributed by atoms with van der Waals surface area (Å²) in [5.41, 5.74) is 1.81. The van der Waals surface area contributed by atoms with Crippen molar-refractivity contribution in [2.75, 3.05) is 5.32 Å². The second-order valence-electron chi connectivity index (χ2n) is 5.29. The van der Waals surface area contributed by atoms with Crippen LogP contribution in [0.2, 0.25) is 0 Å². The Bertz CT molecular complexity index is 987. The molecular formula is C18H13N3O2S. The van der Waals surface area contributed by atoms with Crippen molar-refractivity contribution in [2.24, 2.45) is 0 Å². The van der Waals surface area contributed by atoms with Crippen molar-refractivity contribution in [3.63, 3.8) is 0 Å². The van der Waals surface area contributed by atoms with E-state index in [1.54, 1.807) is 11.3 Å². The fourth-order valence-corrected chi connectivity index (χ4v) is 3.19. The smallest absolute Gasteiger partial charge is 0.322 e. The Morgan fingerprint density at radius 2 is 1.96 bits per heavy atom. The average molecular weight is 335 g/mol. The molecule has 0 saturated carbocycles. The quantitative estimate of drug-likeness (QED) is 0.609. The van der Waals surface area contributed by atoms with Gasteiger partial charge in [0.05, 0.1) is 6.42 Å². The van der Waals surface area contributed by atoms with E-state index in [2.05, 4.69) is 15.5 Å². The summed E-state index contributed by atoms with van der Waals surface area (Å²) < 4.78 is 5.48. The molecule has 0 aliphatic rings. The van der Waals surface area contributed by atoms with Crippen LogP contribution in [0.25, 0.3) is 22.2 Å². The number of aromatic nitrogens is 2. The van der Waals surface area contributed by atoms with Gasteiger partial charge in [-0.3, -0.25) is 10.1 Å². The van der Waals surface area contributed by atoms with Gasteiger partial charge in [-0.25, -0.2) is 0 Å². The fraction of sp³-hybridized carbons (Fsp3) is 0.0556.